The van der Waals surface area contributed by atoms with Crippen molar-refractivity contribution in [2.45, 2.75) is 113 Å². The molecule has 3 unspecified atom stereocenters. The van der Waals surface area contributed by atoms with Crippen LogP contribution in [0.4, 0.5) is 0 Å². The maximum atomic E-state index is 3.99. The molecule has 0 N–H and O–H groups in total. The molecule has 2 fully saturated rings. The van der Waals surface area contributed by atoms with Gasteiger partial charge >= 0.3 is 0 Å². The van der Waals surface area contributed by atoms with E-state index < -0.39 is 0 Å². The van der Waals surface area contributed by atoms with E-state index in [4.69, 9.17) is 0 Å². The van der Waals surface area contributed by atoms with Crippen molar-refractivity contribution in [3.8, 4) is 0 Å². The van der Waals surface area contributed by atoms with Gasteiger partial charge in [-0.3, -0.25) is 0 Å². The number of hydrogen-bond acceptors (Lipinski definition) is 0. The van der Waals surface area contributed by atoms with Gasteiger partial charge in [0.25, 0.3) is 0 Å². The van der Waals surface area contributed by atoms with Crippen molar-refractivity contribution in [1.82, 2.24) is 0 Å². The van der Waals surface area contributed by atoms with Crippen LogP contribution in [0, 0.1) is 101 Å². The van der Waals surface area contributed by atoms with Gasteiger partial charge in [-0.05, 0) is 48.9 Å². The molecule has 2 bridgehead atoms. The zero-order valence-corrected chi connectivity index (χ0v) is 34.6. The Kier molecular flexibility index (Phi) is 40.6. The van der Waals surface area contributed by atoms with Crippen molar-refractivity contribution in [1.29, 1.82) is 0 Å². The molecular formula is C33H64Y3-6. The van der Waals surface area contributed by atoms with E-state index in [1.807, 2.05) is 0 Å². The Bertz CT molecular complexity index is 415. The first-order chi connectivity index (χ1) is 15.4. The van der Waals surface area contributed by atoms with Crippen LogP contribution in [0.1, 0.15) is 113 Å². The summed E-state index contributed by atoms with van der Waals surface area (Å²) in [7, 11) is 0. The van der Waals surface area contributed by atoms with Crippen molar-refractivity contribution in [2.24, 2.45) is 59.2 Å². The molecule has 5 atom stereocenters. The van der Waals surface area contributed by atoms with Crippen LogP contribution in [-0.4, -0.2) is 0 Å². The first-order valence-corrected chi connectivity index (χ1v) is 14.2. The second-order valence-electron chi connectivity index (χ2n) is 12.1. The van der Waals surface area contributed by atoms with Crippen molar-refractivity contribution in [3.63, 3.8) is 0 Å². The van der Waals surface area contributed by atoms with E-state index in [1.54, 1.807) is 25.7 Å². The predicted molar refractivity (Wildman–Crippen MR) is 154 cm³/mol. The Morgan fingerprint density at radius 1 is 0.611 bits per heavy atom. The van der Waals surface area contributed by atoms with Gasteiger partial charge < -0.3 is 41.5 Å². The summed E-state index contributed by atoms with van der Waals surface area (Å²) in [4.78, 5) is 0. The van der Waals surface area contributed by atoms with Gasteiger partial charge in [0, 0.05) is 98.1 Å². The van der Waals surface area contributed by atoms with E-state index in [0.29, 0.717) is 17.8 Å². The van der Waals surface area contributed by atoms with Crippen LogP contribution in [0.15, 0.2) is 0 Å². The molecule has 2 aliphatic carbocycles. The standard InChI is InChI=1S/C10H18.2C8H16.C7H14.3Y/c1-7(2)10-6-8-3-4-9(10)5-8;1-5-6-8(4)7(2)3;1-5-8(6-2)7(3)4;1-5-7(4)6(2)3;;;/h7-10H,3-6H2,1-2H3;7-8H,1,4-6H2,2-3H3;7-8H,1-2,5-6H2,3-4H3;6-7H,1,4-5H2,2-3H3;;;/q;3*-2;;;/t8-,9+,10?;;;;;;/m0....../s1. The molecule has 3 radical (unpaired) electrons. The normalized spacial score (nSPS) is 21.2. The topological polar surface area (TPSA) is 0 Å². The summed E-state index contributed by atoms with van der Waals surface area (Å²) in [6.45, 7) is 41.0. The van der Waals surface area contributed by atoms with Crippen LogP contribution < -0.4 is 0 Å². The van der Waals surface area contributed by atoms with Crippen LogP contribution >= 0.6 is 0 Å². The predicted octanol–water partition coefficient (Wildman–Crippen LogP) is 10.8. The zero-order valence-electron chi connectivity index (χ0n) is 26.1. The molecule has 2 rings (SSSR count). The Labute approximate surface area is 308 Å². The van der Waals surface area contributed by atoms with Crippen LogP contribution in [0.3, 0.4) is 0 Å². The number of fused-ring (bicyclic) bond motifs is 2. The van der Waals surface area contributed by atoms with E-state index in [-0.39, 0.29) is 98.1 Å². The summed E-state index contributed by atoms with van der Waals surface area (Å²) in [5.74, 6) is 8.36. The Hall–Kier alpha value is 3.31. The monoisotopic (exact) mass is 727 g/mol. The fraction of sp³-hybridized carbons (Fsp3) is 0.818. The zero-order chi connectivity index (χ0) is 26.1. The summed E-state index contributed by atoms with van der Waals surface area (Å²) in [5.41, 5.74) is 0. The van der Waals surface area contributed by atoms with Gasteiger partial charge in [-0.15, -0.1) is 6.42 Å². The van der Waals surface area contributed by atoms with Gasteiger partial charge in [0.15, 0.2) is 0 Å². The summed E-state index contributed by atoms with van der Waals surface area (Å²) < 4.78 is 0. The molecule has 0 aromatic heterocycles. The smallest absolute Gasteiger partial charge is 0 e. The summed E-state index contributed by atoms with van der Waals surface area (Å²) in [6, 6.07) is 0. The van der Waals surface area contributed by atoms with Crippen LogP contribution in [0.5, 0.6) is 0 Å². The fourth-order valence-corrected chi connectivity index (χ4v) is 4.85. The second kappa shape index (κ2) is 29.8. The van der Waals surface area contributed by atoms with E-state index in [9.17, 15) is 0 Å². The molecule has 0 heterocycles. The van der Waals surface area contributed by atoms with Gasteiger partial charge in [-0.25, -0.2) is 6.42 Å². The maximum absolute atomic E-state index is 3.99. The first-order valence-electron chi connectivity index (χ1n) is 14.2. The molecule has 0 saturated heterocycles. The minimum Gasteiger partial charge on any atom is -0.345 e. The van der Waals surface area contributed by atoms with E-state index in [2.05, 4.69) is 96.9 Å². The third-order valence-corrected chi connectivity index (χ3v) is 8.16. The van der Waals surface area contributed by atoms with Crippen molar-refractivity contribution in [2.75, 3.05) is 0 Å². The molecule has 0 spiro atoms. The summed E-state index contributed by atoms with van der Waals surface area (Å²) in [6.07, 6.45) is 11.4. The molecule has 0 aromatic carbocycles. The third kappa shape index (κ3) is 24.0. The average Bonchev–Trinajstić information content (AvgIpc) is 3.39. The number of hydrogen-bond donors (Lipinski definition) is 0. The van der Waals surface area contributed by atoms with Gasteiger partial charge in [0.1, 0.15) is 0 Å². The molecule has 0 nitrogen and oxygen atoms in total. The molecule has 0 aliphatic heterocycles. The third-order valence-electron chi connectivity index (χ3n) is 8.16. The maximum Gasteiger partial charge on any atom is 0 e. The molecule has 36 heavy (non-hydrogen) atoms. The Morgan fingerprint density at radius 2 is 1.08 bits per heavy atom. The fourth-order valence-electron chi connectivity index (χ4n) is 4.85. The molecule has 211 valence electrons. The quantitative estimate of drug-likeness (QED) is 0.208. The molecule has 0 amide bonds. The largest absolute Gasteiger partial charge is 0.345 e. The van der Waals surface area contributed by atoms with Crippen molar-refractivity contribution < 1.29 is 98.1 Å². The number of rotatable bonds is 9. The van der Waals surface area contributed by atoms with Gasteiger partial charge in [0.05, 0.1) is 0 Å². The minimum atomic E-state index is 0. The first kappa shape index (κ1) is 49.0. The van der Waals surface area contributed by atoms with E-state index in [1.165, 1.54) is 0 Å². The van der Waals surface area contributed by atoms with Gasteiger partial charge in [0.2, 0.25) is 0 Å². The van der Waals surface area contributed by atoms with E-state index >= 15 is 0 Å². The Morgan fingerprint density at radius 3 is 1.19 bits per heavy atom. The van der Waals surface area contributed by atoms with Crippen LogP contribution in [0.2, 0.25) is 0 Å². The van der Waals surface area contributed by atoms with Gasteiger partial charge in [-0.1, -0.05) is 79.6 Å². The van der Waals surface area contributed by atoms with E-state index in [0.717, 1.165) is 73.5 Å². The Balaban J connectivity index is -0.000000117. The van der Waals surface area contributed by atoms with Crippen LogP contribution in [0.25, 0.3) is 0 Å². The molecule has 0 aromatic rings. The molecule has 2 saturated carbocycles. The summed E-state index contributed by atoms with van der Waals surface area (Å²) in [5, 5.41) is 0. The summed E-state index contributed by atoms with van der Waals surface area (Å²) >= 11 is 0. The molecule has 3 heteroatoms. The van der Waals surface area contributed by atoms with Crippen molar-refractivity contribution in [3.05, 3.63) is 41.5 Å². The SMILES string of the molecule is CC(C)C1C[C@H]2CC[C@@H]1C2.[CH2-]CC(C[CH2-])C(C)C.[CH2-]CC([CH2-])C(C)C.[CH2-]CCC([CH2-])C(C)C.[Y].[Y].[Y]. The average molecular weight is 728 g/mol. The van der Waals surface area contributed by atoms with Gasteiger partial charge in [-0.2, -0.15) is 31.1 Å². The minimum absolute atomic E-state index is 0. The van der Waals surface area contributed by atoms with Crippen molar-refractivity contribution >= 4 is 0 Å². The van der Waals surface area contributed by atoms with Crippen LogP contribution in [-0.2, 0) is 98.1 Å². The second-order valence-corrected chi connectivity index (χ2v) is 12.1. The molecular weight excluding hydrogens is 663 g/mol. The molecule has 2 aliphatic rings.